The summed E-state index contributed by atoms with van der Waals surface area (Å²) in [6, 6.07) is 15.6. The van der Waals surface area contributed by atoms with Crippen molar-refractivity contribution in [1.82, 2.24) is 0 Å². The molecule has 0 amide bonds. The van der Waals surface area contributed by atoms with Gasteiger partial charge in [-0.05, 0) is 53.1 Å². The summed E-state index contributed by atoms with van der Waals surface area (Å²) < 4.78 is 12.5. The van der Waals surface area contributed by atoms with Crippen molar-refractivity contribution >= 4 is 0 Å². The maximum Gasteiger partial charge on any atom is 0.157 e. The average molecular weight is 547 g/mol. The normalized spacial score (nSPS) is 23.4. The van der Waals surface area contributed by atoms with Crippen LogP contribution in [-0.4, -0.2) is 53.1 Å². The maximum absolute atomic E-state index is 11.7. The van der Waals surface area contributed by atoms with Crippen LogP contribution in [0.3, 0.4) is 0 Å². The molecular formula is C30H26O10. The molecule has 8 N–H and O–H groups in total. The van der Waals surface area contributed by atoms with Crippen molar-refractivity contribution in [3.8, 4) is 46.0 Å². The van der Waals surface area contributed by atoms with Crippen molar-refractivity contribution in [3.63, 3.8) is 0 Å². The summed E-state index contributed by atoms with van der Waals surface area (Å²) in [5, 5.41) is 83.1. The van der Waals surface area contributed by atoms with E-state index in [1.54, 1.807) is 12.1 Å². The minimum atomic E-state index is -1.34. The fraction of sp³-hybridized carbons (Fsp3) is 0.200. The van der Waals surface area contributed by atoms with Gasteiger partial charge < -0.3 is 50.3 Å². The molecule has 40 heavy (non-hydrogen) atoms. The SMILES string of the molecule is Oc1ccc([C@@H]2c3c(ccc4c3O[C@@H](c3ccc(O)c(O)c3)[C@@H](O)C4)O[C@H](c3ccc(O)c(O)c3)[C@@H]2O)c(O)c1. The molecule has 4 aromatic carbocycles. The van der Waals surface area contributed by atoms with E-state index >= 15 is 0 Å². The first-order chi connectivity index (χ1) is 19.1. The Morgan fingerprint density at radius 2 is 1.25 bits per heavy atom. The van der Waals surface area contributed by atoms with E-state index in [4.69, 9.17) is 9.47 Å². The van der Waals surface area contributed by atoms with E-state index in [2.05, 4.69) is 0 Å². The van der Waals surface area contributed by atoms with Crippen LogP contribution in [0.25, 0.3) is 0 Å². The molecule has 0 saturated heterocycles. The fourth-order valence-corrected chi connectivity index (χ4v) is 5.54. The van der Waals surface area contributed by atoms with Crippen molar-refractivity contribution in [3.05, 3.63) is 94.5 Å². The van der Waals surface area contributed by atoms with Crippen LogP contribution in [0.2, 0.25) is 0 Å². The smallest absolute Gasteiger partial charge is 0.157 e. The Hall–Kier alpha value is -4.80. The van der Waals surface area contributed by atoms with Gasteiger partial charge in [-0.25, -0.2) is 0 Å². The largest absolute Gasteiger partial charge is 0.508 e. The molecule has 0 bridgehead atoms. The van der Waals surface area contributed by atoms with E-state index in [0.717, 1.165) is 6.07 Å². The molecule has 0 unspecified atom stereocenters. The molecule has 206 valence electrons. The molecule has 0 saturated carbocycles. The van der Waals surface area contributed by atoms with Gasteiger partial charge >= 0.3 is 0 Å². The van der Waals surface area contributed by atoms with Gasteiger partial charge in [-0.1, -0.05) is 24.3 Å². The summed E-state index contributed by atoms with van der Waals surface area (Å²) in [6.07, 6.45) is -4.16. The topological polar surface area (TPSA) is 180 Å². The molecule has 4 aromatic rings. The zero-order valence-corrected chi connectivity index (χ0v) is 20.8. The fourth-order valence-electron chi connectivity index (χ4n) is 5.54. The van der Waals surface area contributed by atoms with Gasteiger partial charge in [0.25, 0.3) is 0 Å². The third kappa shape index (κ3) is 4.14. The first-order valence-electron chi connectivity index (χ1n) is 12.5. The number of fused-ring (bicyclic) bond motifs is 3. The second-order valence-corrected chi connectivity index (χ2v) is 10.0. The summed E-state index contributed by atoms with van der Waals surface area (Å²) in [7, 11) is 0. The molecular weight excluding hydrogens is 520 g/mol. The van der Waals surface area contributed by atoms with Crippen LogP contribution >= 0.6 is 0 Å². The van der Waals surface area contributed by atoms with E-state index in [0.29, 0.717) is 33.8 Å². The number of ether oxygens (including phenoxy) is 2. The third-order valence-corrected chi connectivity index (χ3v) is 7.48. The molecule has 0 spiro atoms. The highest BCUT2D eigenvalue weighted by molar-refractivity contribution is 5.61. The van der Waals surface area contributed by atoms with Crippen LogP contribution < -0.4 is 9.47 Å². The Morgan fingerprint density at radius 1 is 0.600 bits per heavy atom. The molecule has 2 aliphatic rings. The average Bonchev–Trinajstić information content (AvgIpc) is 2.92. The van der Waals surface area contributed by atoms with Gasteiger partial charge in [-0.3, -0.25) is 0 Å². The van der Waals surface area contributed by atoms with Crippen molar-refractivity contribution in [2.75, 3.05) is 0 Å². The number of rotatable bonds is 3. The molecule has 6 rings (SSSR count). The van der Waals surface area contributed by atoms with Crippen molar-refractivity contribution < 1.29 is 50.3 Å². The van der Waals surface area contributed by atoms with Gasteiger partial charge in [0, 0.05) is 29.5 Å². The van der Waals surface area contributed by atoms with E-state index < -0.39 is 36.1 Å². The van der Waals surface area contributed by atoms with E-state index in [1.807, 2.05) is 0 Å². The number of hydrogen-bond donors (Lipinski definition) is 8. The monoisotopic (exact) mass is 546 g/mol. The van der Waals surface area contributed by atoms with Crippen LogP contribution in [0, 0.1) is 0 Å². The first kappa shape index (κ1) is 25.5. The Labute approximate surface area is 227 Å². The zero-order valence-electron chi connectivity index (χ0n) is 20.8. The van der Waals surface area contributed by atoms with E-state index in [-0.39, 0.29) is 40.7 Å². The standard InChI is InChI=1S/C30H26O10/c31-16-4-5-17(20(34)12-16)25-26-24(39-30(27(25)38)15-2-7-19(33)22(36)10-15)8-3-14-11-23(37)28(40-29(14)26)13-1-6-18(32)21(35)9-13/h1-10,12,23,25,27-28,30-38H,11H2/t23-,25+,27+,28-,30+/m0/s1. The van der Waals surface area contributed by atoms with Crippen LogP contribution in [0.15, 0.2) is 66.7 Å². The minimum Gasteiger partial charge on any atom is -0.508 e. The predicted molar refractivity (Wildman–Crippen MR) is 140 cm³/mol. The Kier molecular flexibility index (Phi) is 6.01. The highest BCUT2D eigenvalue weighted by Crippen LogP contribution is 2.54. The Bertz CT molecular complexity index is 1620. The maximum atomic E-state index is 11.7. The molecule has 0 fully saturated rings. The lowest BCUT2D eigenvalue weighted by atomic mass is 9.77. The van der Waals surface area contributed by atoms with Crippen LogP contribution in [-0.2, 0) is 6.42 Å². The van der Waals surface area contributed by atoms with Crippen LogP contribution in [0.4, 0.5) is 0 Å². The van der Waals surface area contributed by atoms with Gasteiger partial charge in [-0.15, -0.1) is 0 Å². The number of aliphatic hydroxyl groups excluding tert-OH is 2. The predicted octanol–water partition coefficient (Wildman–Crippen LogP) is 3.58. The number of phenols is 6. The summed E-state index contributed by atoms with van der Waals surface area (Å²) in [5.74, 6) is -2.23. The Balaban J connectivity index is 1.52. The van der Waals surface area contributed by atoms with E-state index in [9.17, 15) is 40.9 Å². The second kappa shape index (κ2) is 9.44. The van der Waals surface area contributed by atoms with Gasteiger partial charge in [0.2, 0.25) is 0 Å². The van der Waals surface area contributed by atoms with Crippen molar-refractivity contribution in [1.29, 1.82) is 0 Å². The van der Waals surface area contributed by atoms with Crippen molar-refractivity contribution in [2.24, 2.45) is 0 Å². The first-order valence-corrected chi connectivity index (χ1v) is 12.5. The summed E-state index contributed by atoms with van der Waals surface area (Å²) in [4.78, 5) is 0. The number of phenolic OH excluding ortho intramolecular Hbond substituents is 6. The van der Waals surface area contributed by atoms with Gasteiger partial charge in [0.1, 0.15) is 35.2 Å². The van der Waals surface area contributed by atoms with Gasteiger partial charge in [-0.2, -0.15) is 0 Å². The van der Waals surface area contributed by atoms with Crippen molar-refractivity contribution in [2.45, 2.75) is 36.8 Å². The molecule has 0 aliphatic carbocycles. The molecule has 0 aromatic heterocycles. The molecule has 5 atom stereocenters. The van der Waals surface area contributed by atoms with Gasteiger partial charge in [0.15, 0.2) is 29.1 Å². The summed E-state index contributed by atoms with van der Waals surface area (Å²) in [6.45, 7) is 0. The number of aliphatic hydroxyl groups is 2. The highest BCUT2D eigenvalue weighted by Gasteiger charge is 2.45. The van der Waals surface area contributed by atoms with Crippen LogP contribution in [0.5, 0.6) is 46.0 Å². The summed E-state index contributed by atoms with van der Waals surface area (Å²) in [5.41, 5.74) is 2.05. The summed E-state index contributed by atoms with van der Waals surface area (Å²) >= 11 is 0. The lowest BCUT2D eigenvalue weighted by molar-refractivity contribution is -0.00180. The lowest BCUT2D eigenvalue weighted by Gasteiger charge is -2.41. The quantitative estimate of drug-likeness (QED) is 0.177. The Morgan fingerprint density at radius 3 is 1.88 bits per heavy atom. The molecule has 10 nitrogen and oxygen atoms in total. The third-order valence-electron chi connectivity index (χ3n) is 7.48. The number of benzene rings is 4. The lowest BCUT2D eigenvalue weighted by Crippen LogP contribution is -2.37. The number of aromatic hydroxyl groups is 6. The highest BCUT2D eigenvalue weighted by atomic mass is 16.5. The molecule has 0 radical (unpaired) electrons. The molecule has 10 heteroatoms. The molecule has 2 aliphatic heterocycles. The zero-order chi connectivity index (χ0) is 28.3. The second-order valence-electron chi connectivity index (χ2n) is 10.0. The van der Waals surface area contributed by atoms with Gasteiger partial charge in [0.05, 0.1) is 6.10 Å². The molecule has 2 heterocycles. The van der Waals surface area contributed by atoms with Crippen LogP contribution in [0.1, 0.15) is 45.9 Å². The minimum absolute atomic E-state index is 0.161. The van der Waals surface area contributed by atoms with E-state index in [1.165, 1.54) is 48.5 Å². The number of hydrogen-bond acceptors (Lipinski definition) is 10.